The molecule has 4 rings (SSSR count). The smallest absolute Gasteiger partial charge is 0.280 e. The van der Waals surface area contributed by atoms with Gasteiger partial charge in [-0.15, -0.1) is 0 Å². The summed E-state index contributed by atoms with van der Waals surface area (Å²) in [4.78, 5) is 28.8. The second kappa shape index (κ2) is 8.72. The predicted octanol–water partition coefficient (Wildman–Crippen LogP) is 3.11. The lowest BCUT2D eigenvalue weighted by molar-refractivity contribution is 0.0939. The Kier molecular flexibility index (Phi) is 5.81. The van der Waals surface area contributed by atoms with Gasteiger partial charge in [0, 0.05) is 13.1 Å². The molecule has 0 aliphatic heterocycles. The number of nitrogens with zero attached hydrogens (tertiary/aromatic N) is 5. The zero-order valence-corrected chi connectivity index (χ0v) is 16.8. The minimum atomic E-state index is -3.13. The topological polar surface area (TPSA) is 119 Å². The maximum absolute atomic E-state index is 13.3. The van der Waals surface area contributed by atoms with Crippen molar-refractivity contribution < 1.29 is 31.6 Å². The monoisotopic (exact) mass is 465 g/mol. The van der Waals surface area contributed by atoms with Gasteiger partial charge in [-0.3, -0.25) is 14.3 Å². The molecule has 0 fully saturated rings. The van der Waals surface area contributed by atoms with E-state index in [1.54, 1.807) is 12.1 Å². The number of amides is 2. The van der Waals surface area contributed by atoms with Crippen LogP contribution in [0.3, 0.4) is 0 Å². The zero-order chi connectivity index (χ0) is 23.7. The van der Waals surface area contributed by atoms with Gasteiger partial charge >= 0.3 is 0 Å². The molecule has 10 nitrogen and oxygen atoms in total. The Labute approximate surface area is 182 Å². The number of fused-ring (bicyclic) bond motifs is 1. The van der Waals surface area contributed by atoms with E-state index < -0.39 is 36.1 Å². The Balaban J connectivity index is 1.59. The van der Waals surface area contributed by atoms with Crippen molar-refractivity contribution in [1.29, 1.82) is 0 Å². The number of halogens is 4. The van der Waals surface area contributed by atoms with E-state index in [1.165, 1.54) is 24.2 Å². The fourth-order valence-electron chi connectivity index (χ4n) is 3.05. The molecule has 0 saturated carbocycles. The lowest BCUT2D eigenvalue weighted by atomic mass is 10.3. The third-order valence-corrected chi connectivity index (χ3v) is 4.56. The standard InChI is InChI=1S/C19H15F4N7O3/c1-29-15(19(32)24-7-9-3-2-4-33-9)12(8-25-29)27-18(31)11-6-14-26-10(16(20)21)5-13(17(22)23)30(14)28-11/h2-6,8,16-17H,7H2,1H3,(H,24,32)(H,27,31). The highest BCUT2D eigenvalue weighted by atomic mass is 19.3. The van der Waals surface area contributed by atoms with E-state index in [0.717, 1.165) is 6.07 Å². The molecule has 0 radical (unpaired) electrons. The number of furan rings is 1. The van der Waals surface area contributed by atoms with E-state index in [9.17, 15) is 27.2 Å². The van der Waals surface area contributed by atoms with Crippen molar-refractivity contribution >= 4 is 23.1 Å². The van der Waals surface area contributed by atoms with Crippen LogP contribution in [0.1, 0.15) is 51.0 Å². The first-order chi connectivity index (χ1) is 15.7. The quantitative estimate of drug-likeness (QED) is 0.405. The molecular weight excluding hydrogens is 450 g/mol. The Hall–Kier alpha value is -4.23. The third-order valence-electron chi connectivity index (χ3n) is 4.56. The number of hydrogen-bond donors (Lipinski definition) is 2. The molecule has 0 atom stereocenters. The van der Waals surface area contributed by atoms with E-state index in [-0.39, 0.29) is 29.3 Å². The molecule has 4 aromatic heterocycles. The van der Waals surface area contributed by atoms with Crippen LogP contribution in [0.5, 0.6) is 0 Å². The number of aromatic nitrogens is 5. The normalized spacial score (nSPS) is 11.5. The largest absolute Gasteiger partial charge is 0.467 e. The van der Waals surface area contributed by atoms with Gasteiger partial charge in [0.15, 0.2) is 11.3 Å². The van der Waals surface area contributed by atoms with Gasteiger partial charge in [0.05, 0.1) is 24.7 Å². The predicted molar refractivity (Wildman–Crippen MR) is 104 cm³/mol. The summed E-state index contributed by atoms with van der Waals surface area (Å²) < 4.78 is 59.6. The van der Waals surface area contributed by atoms with Crippen LogP contribution in [0, 0.1) is 0 Å². The molecule has 0 aliphatic rings. The van der Waals surface area contributed by atoms with Gasteiger partial charge in [0.1, 0.15) is 22.8 Å². The van der Waals surface area contributed by atoms with Gasteiger partial charge in [0.25, 0.3) is 24.7 Å². The summed E-state index contributed by atoms with van der Waals surface area (Å²) in [6, 6.07) is 4.83. The fraction of sp³-hybridized carbons (Fsp3) is 0.211. The zero-order valence-electron chi connectivity index (χ0n) is 16.8. The van der Waals surface area contributed by atoms with Gasteiger partial charge < -0.3 is 15.1 Å². The molecule has 0 bridgehead atoms. The molecule has 0 aliphatic carbocycles. The van der Waals surface area contributed by atoms with Crippen molar-refractivity contribution in [2.45, 2.75) is 19.4 Å². The number of alkyl halides is 4. The Morgan fingerprint density at radius 2 is 1.94 bits per heavy atom. The Morgan fingerprint density at radius 3 is 2.61 bits per heavy atom. The molecule has 2 amide bonds. The van der Waals surface area contributed by atoms with Crippen LogP contribution < -0.4 is 10.6 Å². The van der Waals surface area contributed by atoms with Crippen molar-refractivity contribution in [3.63, 3.8) is 0 Å². The van der Waals surface area contributed by atoms with Crippen molar-refractivity contribution in [2.75, 3.05) is 5.32 Å². The molecule has 0 unspecified atom stereocenters. The van der Waals surface area contributed by atoms with Gasteiger partial charge in [-0.05, 0) is 18.2 Å². The second-order valence-corrected chi connectivity index (χ2v) is 6.75. The molecule has 33 heavy (non-hydrogen) atoms. The minimum Gasteiger partial charge on any atom is -0.467 e. The molecule has 14 heteroatoms. The lowest BCUT2D eigenvalue weighted by Gasteiger charge is -2.07. The van der Waals surface area contributed by atoms with Gasteiger partial charge in [-0.25, -0.2) is 27.1 Å². The molecule has 0 aromatic carbocycles. The van der Waals surface area contributed by atoms with Crippen LogP contribution >= 0.6 is 0 Å². The van der Waals surface area contributed by atoms with Crippen molar-refractivity contribution in [2.24, 2.45) is 7.05 Å². The van der Waals surface area contributed by atoms with Crippen LogP contribution in [-0.4, -0.2) is 36.2 Å². The summed E-state index contributed by atoms with van der Waals surface area (Å²) in [6.45, 7) is 0.0887. The average Bonchev–Trinajstić information content (AvgIpc) is 3.51. The summed E-state index contributed by atoms with van der Waals surface area (Å²) >= 11 is 0. The summed E-state index contributed by atoms with van der Waals surface area (Å²) in [6.07, 6.45) is -3.55. The van der Waals surface area contributed by atoms with Gasteiger partial charge in [0.2, 0.25) is 0 Å². The van der Waals surface area contributed by atoms with Gasteiger partial charge in [-0.1, -0.05) is 0 Å². The number of rotatable bonds is 7. The SMILES string of the molecule is Cn1ncc(NC(=O)c2cc3nc(C(F)F)cc(C(F)F)n3n2)c1C(=O)NCc1ccco1. The van der Waals surface area contributed by atoms with Crippen molar-refractivity contribution in [3.05, 3.63) is 65.3 Å². The van der Waals surface area contributed by atoms with E-state index in [2.05, 4.69) is 25.8 Å². The van der Waals surface area contributed by atoms with Crippen LogP contribution in [0.4, 0.5) is 23.2 Å². The minimum absolute atomic E-state index is 0.00468. The Morgan fingerprint density at radius 1 is 1.15 bits per heavy atom. The summed E-state index contributed by atoms with van der Waals surface area (Å²) in [5, 5.41) is 12.7. The molecular formula is C19H15F4N7O3. The average molecular weight is 465 g/mol. The molecule has 4 heterocycles. The molecule has 172 valence electrons. The third kappa shape index (κ3) is 4.40. The van der Waals surface area contributed by atoms with Gasteiger partial charge in [-0.2, -0.15) is 10.2 Å². The first-order valence-corrected chi connectivity index (χ1v) is 9.35. The highest BCUT2D eigenvalue weighted by Crippen LogP contribution is 2.25. The number of carbonyl (C=O) groups excluding carboxylic acids is 2. The molecule has 0 saturated heterocycles. The fourth-order valence-corrected chi connectivity index (χ4v) is 3.05. The van der Waals surface area contributed by atoms with Crippen LogP contribution in [0.25, 0.3) is 5.65 Å². The number of hydrogen-bond acceptors (Lipinski definition) is 6. The maximum Gasteiger partial charge on any atom is 0.280 e. The maximum atomic E-state index is 13.3. The molecule has 0 spiro atoms. The van der Waals surface area contributed by atoms with E-state index in [4.69, 9.17) is 4.42 Å². The molecule has 4 aromatic rings. The first kappa shape index (κ1) is 22.0. The highest BCUT2D eigenvalue weighted by molar-refractivity contribution is 6.07. The number of anilines is 1. The second-order valence-electron chi connectivity index (χ2n) is 6.75. The van der Waals surface area contributed by atoms with Crippen LogP contribution in [0.15, 0.2) is 41.1 Å². The van der Waals surface area contributed by atoms with Crippen LogP contribution in [0.2, 0.25) is 0 Å². The van der Waals surface area contributed by atoms with Crippen molar-refractivity contribution in [3.8, 4) is 0 Å². The van der Waals surface area contributed by atoms with Crippen molar-refractivity contribution in [1.82, 2.24) is 29.7 Å². The highest BCUT2D eigenvalue weighted by Gasteiger charge is 2.24. The summed E-state index contributed by atoms with van der Waals surface area (Å²) in [7, 11) is 1.48. The summed E-state index contributed by atoms with van der Waals surface area (Å²) in [5.41, 5.74) is -2.41. The number of aryl methyl sites for hydroxylation is 1. The van der Waals surface area contributed by atoms with Crippen LogP contribution in [-0.2, 0) is 13.6 Å². The number of carbonyl (C=O) groups is 2. The molecule has 2 N–H and O–H groups in total. The van der Waals surface area contributed by atoms with E-state index in [0.29, 0.717) is 16.3 Å². The summed E-state index contributed by atoms with van der Waals surface area (Å²) in [5.74, 6) is -0.946. The Bertz CT molecular complexity index is 1310. The van der Waals surface area contributed by atoms with E-state index in [1.807, 2.05) is 0 Å². The lowest BCUT2D eigenvalue weighted by Crippen LogP contribution is -2.26. The number of nitrogens with one attached hydrogen (secondary N) is 2. The van der Waals surface area contributed by atoms with E-state index >= 15 is 0 Å². The first-order valence-electron chi connectivity index (χ1n) is 9.35.